The number of anilines is 1. The largest absolute Gasteiger partial charge is 0.341 e. The predicted molar refractivity (Wildman–Crippen MR) is 76.6 cm³/mol. The molecule has 0 unspecified atom stereocenters. The lowest BCUT2D eigenvalue weighted by Crippen LogP contribution is -2.14. The van der Waals surface area contributed by atoms with Gasteiger partial charge >= 0.3 is 0 Å². The number of amides is 1. The van der Waals surface area contributed by atoms with E-state index in [-0.39, 0.29) is 17.0 Å². The summed E-state index contributed by atoms with van der Waals surface area (Å²) >= 11 is 9.16. The molecular formula is C11H6BrClN6O. The highest BCUT2D eigenvalue weighted by molar-refractivity contribution is 9.10. The van der Waals surface area contributed by atoms with E-state index >= 15 is 0 Å². The molecule has 3 rings (SSSR count). The van der Waals surface area contributed by atoms with Crippen LogP contribution in [-0.2, 0) is 0 Å². The van der Waals surface area contributed by atoms with Gasteiger partial charge in [-0.15, -0.1) is 0 Å². The molecule has 0 saturated carbocycles. The maximum atomic E-state index is 12.0. The van der Waals surface area contributed by atoms with Crippen LogP contribution in [0.25, 0.3) is 11.2 Å². The lowest BCUT2D eigenvalue weighted by atomic mass is 10.3. The molecule has 0 spiro atoms. The number of hydrogen-bond donors (Lipinski definition) is 2. The van der Waals surface area contributed by atoms with E-state index in [9.17, 15) is 4.79 Å². The summed E-state index contributed by atoms with van der Waals surface area (Å²) in [5, 5.41) is 2.74. The minimum Gasteiger partial charge on any atom is -0.341 e. The third kappa shape index (κ3) is 2.47. The molecule has 0 bridgehead atoms. The smallest absolute Gasteiger partial charge is 0.259 e. The summed E-state index contributed by atoms with van der Waals surface area (Å²) < 4.78 is 0.645. The molecule has 0 aliphatic rings. The summed E-state index contributed by atoms with van der Waals surface area (Å²) in [5.41, 5.74) is 1.29. The second kappa shape index (κ2) is 5.14. The Morgan fingerprint density at radius 2 is 2.15 bits per heavy atom. The number of aromatic amines is 1. The van der Waals surface area contributed by atoms with E-state index < -0.39 is 0 Å². The van der Waals surface area contributed by atoms with Crippen LogP contribution in [0.5, 0.6) is 0 Å². The Balaban J connectivity index is 1.88. The molecule has 9 heteroatoms. The lowest BCUT2D eigenvalue weighted by molar-refractivity contribution is 0.102. The number of hydrogen-bond acceptors (Lipinski definition) is 5. The van der Waals surface area contributed by atoms with Gasteiger partial charge in [0.15, 0.2) is 10.8 Å². The molecule has 20 heavy (non-hydrogen) atoms. The van der Waals surface area contributed by atoms with Crippen LogP contribution >= 0.6 is 27.5 Å². The third-order valence-corrected chi connectivity index (χ3v) is 3.20. The number of imidazole rings is 1. The standard InChI is InChI=1S/C11H6BrClN6O/c12-6-2-1-5(3-14-6)10(20)19-11-17-8(13)7-9(18-11)16-4-15-7/h1-4H,(H2,15,16,17,18,19,20). The minimum atomic E-state index is -0.379. The van der Waals surface area contributed by atoms with Crippen LogP contribution in [0.1, 0.15) is 10.4 Å². The molecule has 3 aromatic heterocycles. The lowest BCUT2D eigenvalue weighted by Gasteiger charge is -2.04. The number of H-pyrrole nitrogens is 1. The van der Waals surface area contributed by atoms with Crippen molar-refractivity contribution in [2.45, 2.75) is 0 Å². The van der Waals surface area contributed by atoms with Crippen molar-refractivity contribution in [3.63, 3.8) is 0 Å². The maximum Gasteiger partial charge on any atom is 0.259 e. The fourth-order valence-electron chi connectivity index (χ4n) is 1.54. The van der Waals surface area contributed by atoms with E-state index in [4.69, 9.17) is 11.6 Å². The molecule has 100 valence electrons. The monoisotopic (exact) mass is 352 g/mol. The van der Waals surface area contributed by atoms with Crippen LogP contribution in [0.15, 0.2) is 29.3 Å². The van der Waals surface area contributed by atoms with Gasteiger partial charge in [0.1, 0.15) is 10.1 Å². The van der Waals surface area contributed by atoms with Gasteiger partial charge in [-0.2, -0.15) is 9.97 Å². The Kier molecular flexibility index (Phi) is 3.33. The summed E-state index contributed by atoms with van der Waals surface area (Å²) in [7, 11) is 0. The predicted octanol–water partition coefficient (Wildman–Crippen LogP) is 2.42. The number of carbonyl (C=O) groups is 1. The van der Waals surface area contributed by atoms with Crippen molar-refractivity contribution in [1.29, 1.82) is 0 Å². The summed E-state index contributed by atoms with van der Waals surface area (Å²) in [6.45, 7) is 0. The van der Waals surface area contributed by atoms with Crippen LogP contribution in [0.3, 0.4) is 0 Å². The van der Waals surface area contributed by atoms with Crippen molar-refractivity contribution < 1.29 is 4.79 Å². The molecule has 0 atom stereocenters. The molecule has 0 saturated heterocycles. The van der Waals surface area contributed by atoms with Crippen molar-refractivity contribution >= 4 is 50.6 Å². The van der Waals surface area contributed by atoms with Crippen LogP contribution in [0.2, 0.25) is 5.15 Å². The average Bonchev–Trinajstić information content (AvgIpc) is 2.88. The van der Waals surface area contributed by atoms with Gasteiger partial charge < -0.3 is 4.98 Å². The van der Waals surface area contributed by atoms with Gasteiger partial charge in [-0.05, 0) is 28.1 Å². The van der Waals surface area contributed by atoms with Crippen LogP contribution < -0.4 is 5.32 Å². The van der Waals surface area contributed by atoms with E-state index in [0.717, 1.165) is 0 Å². The highest BCUT2D eigenvalue weighted by Gasteiger charge is 2.12. The van der Waals surface area contributed by atoms with Crippen molar-refractivity contribution in [3.05, 3.63) is 40.0 Å². The molecule has 0 aromatic carbocycles. The highest BCUT2D eigenvalue weighted by Crippen LogP contribution is 2.18. The van der Waals surface area contributed by atoms with Crippen LogP contribution in [0, 0.1) is 0 Å². The fraction of sp³-hybridized carbons (Fsp3) is 0. The van der Waals surface area contributed by atoms with Gasteiger partial charge in [-0.3, -0.25) is 10.1 Å². The number of pyridine rings is 1. The molecule has 7 nitrogen and oxygen atoms in total. The summed E-state index contributed by atoms with van der Waals surface area (Å²) in [6, 6.07) is 3.29. The maximum absolute atomic E-state index is 12.0. The van der Waals surface area contributed by atoms with E-state index in [1.54, 1.807) is 12.1 Å². The zero-order chi connectivity index (χ0) is 14.1. The van der Waals surface area contributed by atoms with Crippen LogP contribution in [-0.4, -0.2) is 30.8 Å². The van der Waals surface area contributed by atoms with E-state index in [2.05, 4.69) is 46.2 Å². The molecule has 2 N–H and O–H groups in total. The molecule has 0 radical (unpaired) electrons. The topological polar surface area (TPSA) is 96.5 Å². The SMILES string of the molecule is O=C(Nc1nc(Cl)c2[nH]cnc2n1)c1ccc(Br)nc1. The van der Waals surface area contributed by atoms with Crippen molar-refractivity contribution in [2.75, 3.05) is 5.32 Å². The van der Waals surface area contributed by atoms with E-state index in [0.29, 0.717) is 21.3 Å². The summed E-state index contributed by atoms with van der Waals surface area (Å²) in [5.74, 6) is -0.293. The van der Waals surface area contributed by atoms with Gasteiger partial charge in [0, 0.05) is 6.20 Å². The Bertz CT molecular complexity index is 787. The first-order valence-electron chi connectivity index (χ1n) is 5.43. The molecule has 3 aromatic rings. The Labute approximate surface area is 126 Å². The fourth-order valence-corrected chi connectivity index (χ4v) is 1.99. The normalized spacial score (nSPS) is 10.7. The number of nitrogens with zero attached hydrogens (tertiary/aromatic N) is 4. The molecule has 0 aliphatic carbocycles. The molecule has 3 heterocycles. The number of nitrogens with one attached hydrogen (secondary N) is 2. The first kappa shape index (κ1) is 12.9. The van der Waals surface area contributed by atoms with Gasteiger partial charge in [0.2, 0.25) is 5.95 Å². The first-order chi connectivity index (χ1) is 9.63. The molecule has 0 aliphatic heterocycles. The van der Waals surface area contributed by atoms with Gasteiger partial charge in [-0.25, -0.2) is 9.97 Å². The first-order valence-corrected chi connectivity index (χ1v) is 6.60. The average molecular weight is 354 g/mol. The zero-order valence-corrected chi connectivity index (χ0v) is 12.1. The number of carbonyl (C=O) groups excluding carboxylic acids is 1. The second-order valence-electron chi connectivity index (χ2n) is 3.76. The number of fused-ring (bicyclic) bond motifs is 1. The number of rotatable bonds is 2. The quantitative estimate of drug-likeness (QED) is 0.545. The molecular weight excluding hydrogens is 348 g/mol. The highest BCUT2D eigenvalue weighted by atomic mass is 79.9. The molecule has 1 amide bonds. The second-order valence-corrected chi connectivity index (χ2v) is 4.93. The molecule has 0 fully saturated rings. The number of halogens is 2. The summed E-state index contributed by atoms with van der Waals surface area (Å²) in [4.78, 5) is 30.8. The van der Waals surface area contributed by atoms with Crippen molar-refractivity contribution in [1.82, 2.24) is 24.9 Å². The number of aromatic nitrogens is 5. The van der Waals surface area contributed by atoms with Crippen LogP contribution in [0.4, 0.5) is 5.95 Å². The third-order valence-electron chi connectivity index (χ3n) is 2.46. The van der Waals surface area contributed by atoms with E-state index in [1.165, 1.54) is 12.5 Å². The Morgan fingerprint density at radius 3 is 2.90 bits per heavy atom. The van der Waals surface area contributed by atoms with Gasteiger partial charge in [-0.1, -0.05) is 11.6 Å². The van der Waals surface area contributed by atoms with Gasteiger partial charge in [0.25, 0.3) is 5.91 Å². The minimum absolute atomic E-state index is 0.0857. The van der Waals surface area contributed by atoms with Crippen molar-refractivity contribution in [3.8, 4) is 0 Å². The Morgan fingerprint density at radius 1 is 1.30 bits per heavy atom. The summed E-state index contributed by atoms with van der Waals surface area (Å²) in [6.07, 6.45) is 2.89. The van der Waals surface area contributed by atoms with Gasteiger partial charge in [0.05, 0.1) is 11.9 Å². The zero-order valence-electron chi connectivity index (χ0n) is 9.76. The Hall–Kier alpha value is -2.06. The van der Waals surface area contributed by atoms with E-state index in [1.807, 2.05) is 0 Å². The van der Waals surface area contributed by atoms with Crippen molar-refractivity contribution in [2.24, 2.45) is 0 Å².